The molecular formula is C14H21F2N3O. The van der Waals surface area contributed by atoms with Gasteiger partial charge in [-0.1, -0.05) is 18.2 Å². The average molecular weight is 285 g/mol. The quantitative estimate of drug-likeness (QED) is 0.614. The highest BCUT2D eigenvalue weighted by atomic mass is 19.3. The molecule has 0 fully saturated rings. The molecule has 112 valence electrons. The molecule has 0 amide bonds. The molecule has 0 radical (unpaired) electrons. The van der Waals surface area contributed by atoms with Crippen LogP contribution in [0.25, 0.3) is 0 Å². The summed E-state index contributed by atoms with van der Waals surface area (Å²) >= 11 is 0. The van der Waals surface area contributed by atoms with E-state index in [2.05, 4.69) is 9.73 Å². The predicted octanol–water partition coefficient (Wildman–Crippen LogP) is 2.31. The zero-order valence-electron chi connectivity index (χ0n) is 12.3. The number of ether oxygens (including phenoxy) is 1. The van der Waals surface area contributed by atoms with E-state index in [1.165, 1.54) is 0 Å². The molecule has 0 bridgehead atoms. The van der Waals surface area contributed by atoms with Crippen LogP contribution in [0.5, 0.6) is 5.75 Å². The fourth-order valence-corrected chi connectivity index (χ4v) is 1.88. The van der Waals surface area contributed by atoms with Crippen LogP contribution in [0, 0.1) is 0 Å². The van der Waals surface area contributed by atoms with Crippen LogP contribution in [0.3, 0.4) is 0 Å². The van der Waals surface area contributed by atoms with Crippen molar-refractivity contribution in [3.05, 3.63) is 29.8 Å². The summed E-state index contributed by atoms with van der Waals surface area (Å²) in [5, 5.41) is 0. The lowest BCUT2D eigenvalue weighted by Crippen LogP contribution is -2.35. The number of hydrogen-bond donors (Lipinski definition) is 0. The van der Waals surface area contributed by atoms with Gasteiger partial charge in [0.05, 0.1) is 0 Å². The van der Waals surface area contributed by atoms with Crippen LogP contribution in [0.15, 0.2) is 29.3 Å². The smallest absolute Gasteiger partial charge is 0.387 e. The summed E-state index contributed by atoms with van der Waals surface area (Å²) in [7, 11) is 7.64. The molecule has 1 aromatic rings. The summed E-state index contributed by atoms with van der Waals surface area (Å²) in [6.07, 6.45) is 0.550. The molecule has 0 N–H and O–H groups in total. The van der Waals surface area contributed by atoms with Gasteiger partial charge in [-0.05, 0) is 18.1 Å². The van der Waals surface area contributed by atoms with Crippen molar-refractivity contribution in [2.24, 2.45) is 4.99 Å². The van der Waals surface area contributed by atoms with E-state index < -0.39 is 6.61 Å². The number of guanidine groups is 1. The average Bonchev–Trinajstić information content (AvgIpc) is 2.34. The monoisotopic (exact) mass is 285 g/mol. The predicted molar refractivity (Wildman–Crippen MR) is 76.5 cm³/mol. The Morgan fingerprint density at radius 2 is 1.75 bits per heavy atom. The first-order valence-electron chi connectivity index (χ1n) is 6.33. The van der Waals surface area contributed by atoms with Gasteiger partial charge in [0.25, 0.3) is 0 Å². The SMILES string of the molecule is CN(C)C(=NCCc1ccccc1OC(F)F)N(C)C. The van der Waals surface area contributed by atoms with Gasteiger partial charge in [-0.15, -0.1) is 0 Å². The topological polar surface area (TPSA) is 28.1 Å². The van der Waals surface area contributed by atoms with Crippen LogP contribution < -0.4 is 4.74 Å². The van der Waals surface area contributed by atoms with Crippen LogP contribution >= 0.6 is 0 Å². The van der Waals surface area contributed by atoms with E-state index in [-0.39, 0.29) is 5.75 Å². The molecule has 20 heavy (non-hydrogen) atoms. The molecule has 0 spiro atoms. The maximum absolute atomic E-state index is 12.3. The summed E-state index contributed by atoms with van der Waals surface area (Å²) < 4.78 is 29.1. The van der Waals surface area contributed by atoms with Gasteiger partial charge in [0.1, 0.15) is 5.75 Å². The van der Waals surface area contributed by atoms with E-state index >= 15 is 0 Å². The van der Waals surface area contributed by atoms with Crippen LogP contribution in [0.4, 0.5) is 8.78 Å². The van der Waals surface area contributed by atoms with Crippen LogP contribution in [-0.4, -0.2) is 57.1 Å². The van der Waals surface area contributed by atoms with Gasteiger partial charge < -0.3 is 14.5 Å². The summed E-state index contributed by atoms with van der Waals surface area (Å²) in [4.78, 5) is 8.27. The van der Waals surface area contributed by atoms with Gasteiger partial charge >= 0.3 is 6.61 Å². The van der Waals surface area contributed by atoms with Gasteiger partial charge in [-0.2, -0.15) is 8.78 Å². The highest BCUT2D eigenvalue weighted by molar-refractivity contribution is 5.79. The minimum Gasteiger partial charge on any atom is -0.435 e. The Morgan fingerprint density at radius 3 is 2.30 bits per heavy atom. The molecular weight excluding hydrogens is 264 g/mol. The van der Waals surface area contributed by atoms with Crippen molar-refractivity contribution in [1.29, 1.82) is 0 Å². The standard InChI is InChI=1S/C14H21F2N3O/c1-18(2)14(19(3)4)17-10-9-11-7-5-6-8-12(11)20-13(15)16/h5-8,13H,9-10H2,1-4H3. The Balaban J connectivity index is 2.72. The summed E-state index contributed by atoms with van der Waals surface area (Å²) in [5.41, 5.74) is 0.730. The Kier molecular flexibility index (Phi) is 6.21. The largest absolute Gasteiger partial charge is 0.435 e. The Morgan fingerprint density at radius 1 is 1.15 bits per heavy atom. The highest BCUT2D eigenvalue weighted by Gasteiger charge is 2.09. The summed E-state index contributed by atoms with van der Waals surface area (Å²) in [6, 6.07) is 6.80. The molecule has 0 aliphatic heterocycles. The van der Waals surface area contributed by atoms with Crippen molar-refractivity contribution >= 4 is 5.96 Å². The zero-order valence-corrected chi connectivity index (χ0v) is 12.3. The fourth-order valence-electron chi connectivity index (χ4n) is 1.88. The first kappa shape index (κ1) is 16.2. The Labute approximate surface area is 118 Å². The molecule has 1 aromatic carbocycles. The normalized spacial score (nSPS) is 10.3. The molecule has 0 aliphatic carbocycles. The van der Waals surface area contributed by atoms with Crippen molar-refractivity contribution in [2.75, 3.05) is 34.7 Å². The number of hydrogen-bond acceptors (Lipinski definition) is 2. The fraction of sp³-hybridized carbons (Fsp3) is 0.500. The molecule has 1 rings (SSSR count). The van der Waals surface area contributed by atoms with Crippen molar-refractivity contribution in [1.82, 2.24) is 9.80 Å². The van der Waals surface area contributed by atoms with Crippen molar-refractivity contribution in [2.45, 2.75) is 13.0 Å². The summed E-state index contributed by atoms with van der Waals surface area (Å²) in [5.74, 6) is 1.05. The number of para-hydroxylation sites is 1. The van der Waals surface area contributed by atoms with E-state index in [1.54, 1.807) is 24.3 Å². The van der Waals surface area contributed by atoms with E-state index in [4.69, 9.17) is 0 Å². The lowest BCUT2D eigenvalue weighted by atomic mass is 10.1. The molecule has 0 atom stereocenters. The first-order chi connectivity index (χ1) is 9.41. The minimum absolute atomic E-state index is 0.217. The van der Waals surface area contributed by atoms with E-state index in [0.29, 0.717) is 13.0 Å². The second kappa shape index (κ2) is 7.67. The van der Waals surface area contributed by atoms with Crippen LogP contribution in [-0.2, 0) is 6.42 Å². The van der Waals surface area contributed by atoms with Gasteiger partial charge in [-0.25, -0.2) is 0 Å². The van der Waals surface area contributed by atoms with E-state index in [0.717, 1.165) is 11.5 Å². The van der Waals surface area contributed by atoms with Gasteiger partial charge in [-0.3, -0.25) is 4.99 Å². The number of rotatable bonds is 5. The number of benzene rings is 1. The lowest BCUT2D eigenvalue weighted by molar-refractivity contribution is -0.0504. The molecule has 0 aliphatic rings. The molecule has 0 heterocycles. The maximum atomic E-state index is 12.3. The zero-order chi connectivity index (χ0) is 15.1. The molecule has 0 saturated carbocycles. The Bertz CT molecular complexity index is 438. The first-order valence-corrected chi connectivity index (χ1v) is 6.33. The highest BCUT2D eigenvalue weighted by Crippen LogP contribution is 2.20. The second-order valence-corrected chi connectivity index (χ2v) is 4.71. The minimum atomic E-state index is -2.81. The third-order valence-corrected chi connectivity index (χ3v) is 2.62. The van der Waals surface area contributed by atoms with Gasteiger partial charge in [0.2, 0.25) is 0 Å². The van der Waals surface area contributed by atoms with Crippen molar-refractivity contribution in [3.63, 3.8) is 0 Å². The number of aliphatic imine (C=N–C) groups is 1. The Hall–Kier alpha value is -1.85. The maximum Gasteiger partial charge on any atom is 0.387 e. The number of alkyl halides is 2. The third-order valence-electron chi connectivity index (χ3n) is 2.62. The molecule has 0 unspecified atom stereocenters. The van der Waals surface area contributed by atoms with Gasteiger partial charge in [0, 0.05) is 34.7 Å². The van der Waals surface area contributed by atoms with E-state index in [9.17, 15) is 8.78 Å². The van der Waals surface area contributed by atoms with Crippen molar-refractivity contribution in [3.8, 4) is 5.75 Å². The lowest BCUT2D eigenvalue weighted by Gasteiger charge is -2.22. The van der Waals surface area contributed by atoms with Crippen LogP contribution in [0.2, 0.25) is 0 Å². The molecule has 0 aromatic heterocycles. The van der Waals surface area contributed by atoms with Crippen LogP contribution in [0.1, 0.15) is 5.56 Å². The number of halogens is 2. The van der Waals surface area contributed by atoms with Crippen molar-refractivity contribution < 1.29 is 13.5 Å². The molecule has 4 nitrogen and oxygen atoms in total. The molecule has 0 saturated heterocycles. The van der Waals surface area contributed by atoms with Gasteiger partial charge in [0.15, 0.2) is 5.96 Å². The second-order valence-electron chi connectivity index (χ2n) is 4.71. The van der Waals surface area contributed by atoms with E-state index in [1.807, 2.05) is 38.0 Å². The molecule has 6 heteroatoms. The third kappa shape index (κ3) is 5.03. The summed E-state index contributed by atoms with van der Waals surface area (Å²) in [6.45, 7) is -2.30. The number of nitrogens with zero attached hydrogens (tertiary/aromatic N) is 3.